The van der Waals surface area contributed by atoms with Gasteiger partial charge in [0.25, 0.3) is 0 Å². The Kier molecular flexibility index (Phi) is 7.32. The Balaban J connectivity index is 1.22. The average molecular weight is 693 g/mol. The van der Waals surface area contributed by atoms with Gasteiger partial charge >= 0.3 is 0 Å². The number of hydrogen-bond acceptors (Lipinski definition) is 1. The van der Waals surface area contributed by atoms with Gasteiger partial charge in [-0.1, -0.05) is 142 Å². The molecule has 3 atom stereocenters. The highest BCUT2D eigenvalue weighted by Crippen LogP contribution is 2.66. The van der Waals surface area contributed by atoms with Gasteiger partial charge in [0.2, 0.25) is 0 Å². The first-order valence-corrected chi connectivity index (χ1v) is 20.6. The molecule has 2 aliphatic heterocycles. The van der Waals surface area contributed by atoms with E-state index in [9.17, 15) is 0 Å². The molecule has 1 nitrogen and oxygen atoms in total. The minimum absolute atomic E-state index is 0.0324. The molecule has 1 fully saturated rings. The van der Waals surface area contributed by atoms with E-state index in [2.05, 4.69) is 161 Å². The third kappa shape index (κ3) is 5.08. The molecule has 1 saturated carbocycles. The topological polar surface area (TPSA) is 9.23 Å². The first-order chi connectivity index (χ1) is 25.3. The van der Waals surface area contributed by atoms with Crippen molar-refractivity contribution in [3.63, 3.8) is 0 Å². The summed E-state index contributed by atoms with van der Waals surface area (Å²) in [5, 5.41) is 1.49. The monoisotopic (exact) mass is 692 g/mol. The van der Waals surface area contributed by atoms with Gasteiger partial charge in [-0.05, 0) is 128 Å². The maximum absolute atomic E-state index is 7.26. The maximum Gasteiger partial charge on any atom is 0.131 e. The summed E-state index contributed by atoms with van der Waals surface area (Å²) in [5.74, 6) is 1.55. The smallest absolute Gasteiger partial charge is 0.131 e. The van der Waals surface area contributed by atoms with Crippen molar-refractivity contribution < 1.29 is 4.52 Å². The Hall–Kier alpha value is -4.71. The standard InChI is InChI=1S/C50H45OP/c1-32-38-16-11-17-39(32)44-29-36(41-14-7-9-18-45(41)50-26-24-33-12-5-6-13-40(33)46(50)31-50)28-35-21-23-48(44)52(51-47-19-10-8-15-42(35)47)27-25-34-20-22-37(30-43(34)38)49(2,3)4/h5-20,22,24,26,28-30,46H,21,23,25,27,31H2,1-4H3/b35-28+,36-29+,48-44-. The van der Waals surface area contributed by atoms with E-state index in [1.165, 1.54) is 83.2 Å². The van der Waals surface area contributed by atoms with E-state index in [4.69, 9.17) is 4.52 Å². The van der Waals surface area contributed by atoms with Crippen LogP contribution in [-0.2, 0) is 17.3 Å². The van der Waals surface area contributed by atoms with Crippen LogP contribution in [-0.4, -0.2) is 6.16 Å². The third-order valence-electron chi connectivity index (χ3n) is 12.5. The molecular formula is C50H45OP. The molecule has 2 heteroatoms. The van der Waals surface area contributed by atoms with Crippen LogP contribution in [0.25, 0.3) is 33.9 Å². The van der Waals surface area contributed by atoms with Crippen molar-refractivity contribution in [3.8, 4) is 16.9 Å². The van der Waals surface area contributed by atoms with Gasteiger partial charge in [-0.25, -0.2) is 0 Å². The van der Waals surface area contributed by atoms with Crippen molar-refractivity contribution in [3.05, 3.63) is 183 Å². The van der Waals surface area contributed by atoms with E-state index in [1.807, 2.05) is 0 Å². The van der Waals surface area contributed by atoms with Crippen LogP contribution in [0.3, 0.4) is 0 Å². The lowest BCUT2D eigenvalue weighted by Gasteiger charge is -2.32. The Bertz CT molecular complexity index is 2430. The van der Waals surface area contributed by atoms with Crippen LogP contribution < -0.4 is 4.52 Å². The van der Waals surface area contributed by atoms with Gasteiger partial charge in [0.05, 0.1) is 0 Å². The molecule has 0 N–H and O–H groups in total. The SMILES string of the molecule is Cc1c2cccc1-c1cc(C(C)(C)C)ccc1CCP1Oc3ccccc3/C3=C/C(c4ccccc4C45C=Cc6ccccc6C4C5)=C\C2=C\1CC3. The van der Waals surface area contributed by atoms with E-state index >= 15 is 0 Å². The van der Waals surface area contributed by atoms with Gasteiger partial charge < -0.3 is 4.52 Å². The van der Waals surface area contributed by atoms with Crippen molar-refractivity contribution in [1.29, 1.82) is 0 Å². The van der Waals surface area contributed by atoms with Crippen LogP contribution >= 0.6 is 8.15 Å². The number of rotatable bonds is 2. The first-order valence-electron chi connectivity index (χ1n) is 19.1. The third-order valence-corrected chi connectivity index (χ3v) is 14.6. The second-order valence-corrected chi connectivity index (χ2v) is 18.4. The lowest BCUT2D eigenvalue weighted by Crippen LogP contribution is -2.14. The van der Waals surface area contributed by atoms with Gasteiger partial charge in [-0.2, -0.15) is 0 Å². The van der Waals surface area contributed by atoms with Gasteiger partial charge in [0, 0.05) is 22.5 Å². The minimum Gasteiger partial charge on any atom is -0.469 e. The van der Waals surface area contributed by atoms with Crippen molar-refractivity contribution in [2.75, 3.05) is 6.16 Å². The molecule has 4 bridgehead atoms. The predicted molar refractivity (Wildman–Crippen MR) is 221 cm³/mol. The second-order valence-electron chi connectivity index (χ2n) is 16.5. The molecule has 0 spiro atoms. The van der Waals surface area contributed by atoms with E-state index in [0.717, 1.165) is 37.6 Å². The summed E-state index contributed by atoms with van der Waals surface area (Å²) in [5.41, 5.74) is 19.3. The second kappa shape index (κ2) is 11.9. The fraction of sp³-hybridized carbons (Fsp3) is 0.240. The van der Waals surface area contributed by atoms with Crippen molar-refractivity contribution >= 4 is 30.9 Å². The summed E-state index contributed by atoms with van der Waals surface area (Å²) >= 11 is 0. The number of benzene rings is 5. The number of allylic oxidation sites excluding steroid dienone is 7. The summed E-state index contributed by atoms with van der Waals surface area (Å²) in [4.78, 5) is 0. The highest BCUT2D eigenvalue weighted by atomic mass is 31.1. The summed E-state index contributed by atoms with van der Waals surface area (Å²) in [6.07, 6.45) is 15.1. The molecule has 0 radical (unpaired) electrons. The van der Waals surface area contributed by atoms with E-state index in [1.54, 1.807) is 0 Å². The minimum atomic E-state index is -0.905. The van der Waals surface area contributed by atoms with Gasteiger partial charge in [0.15, 0.2) is 0 Å². The average Bonchev–Trinajstić information content (AvgIpc) is 3.90. The molecule has 5 aromatic rings. The summed E-state index contributed by atoms with van der Waals surface area (Å²) in [6, 6.07) is 41.4. The predicted octanol–water partition coefficient (Wildman–Crippen LogP) is 13.4. The van der Waals surface area contributed by atoms with Gasteiger partial charge in [0.1, 0.15) is 13.9 Å². The number of aryl methyl sites for hydroxylation is 1. The van der Waals surface area contributed by atoms with Gasteiger partial charge in [-0.3, -0.25) is 0 Å². The maximum atomic E-state index is 7.26. The zero-order valence-corrected chi connectivity index (χ0v) is 31.6. The molecule has 5 aliphatic rings. The van der Waals surface area contributed by atoms with Crippen LogP contribution in [0, 0.1) is 6.92 Å². The highest BCUT2D eigenvalue weighted by Gasteiger charge is 2.56. The number of para-hydroxylation sites is 1. The van der Waals surface area contributed by atoms with Crippen molar-refractivity contribution in [2.24, 2.45) is 0 Å². The molecule has 0 aromatic heterocycles. The van der Waals surface area contributed by atoms with E-state index in [-0.39, 0.29) is 10.8 Å². The summed E-state index contributed by atoms with van der Waals surface area (Å²) in [7, 11) is -0.905. The lowest BCUT2D eigenvalue weighted by atomic mass is 9.79. The zero-order chi connectivity index (χ0) is 35.2. The Morgan fingerprint density at radius 2 is 1.48 bits per heavy atom. The lowest BCUT2D eigenvalue weighted by molar-refractivity contribution is 0.590. The highest BCUT2D eigenvalue weighted by molar-refractivity contribution is 7.57. The Morgan fingerprint density at radius 3 is 2.37 bits per heavy atom. The summed E-state index contributed by atoms with van der Waals surface area (Å²) in [6.45, 7) is 9.33. The van der Waals surface area contributed by atoms with E-state index < -0.39 is 8.15 Å². The molecule has 10 rings (SSSR count). The van der Waals surface area contributed by atoms with Crippen LogP contribution in [0.4, 0.5) is 0 Å². The van der Waals surface area contributed by atoms with Crippen molar-refractivity contribution in [2.45, 2.75) is 70.1 Å². The largest absolute Gasteiger partial charge is 0.469 e. The van der Waals surface area contributed by atoms with Gasteiger partial charge in [-0.15, -0.1) is 0 Å². The number of hydrogen-bond donors (Lipinski definition) is 0. The van der Waals surface area contributed by atoms with E-state index in [0.29, 0.717) is 5.92 Å². The van der Waals surface area contributed by atoms with Crippen LogP contribution in [0.2, 0.25) is 0 Å². The molecule has 256 valence electrons. The molecular weight excluding hydrogens is 648 g/mol. The molecule has 3 unspecified atom stereocenters. The Morgan fingerprint density at radius 1 is 0.712 bits per heavy atom. The molecule has 2 heterocycles. The number of fused-ring (bicyclic) bond motifs is 12. The Labute approximate surface area is 310 Å². The van der Waals surface area contributed by atoms with Crippen LogP contribution in [0.5, 0.6) is 5.75 Å². The van der Waals surface area contributed by atoms with Crippen LogP contribution in [0.1, 0.15) is 96.0 Å². The fourth-order valence-corrected chi connectivity index (χ4v) is 11.6. The molecule has 5 aromatic carbocycles. The zero-order valence-electron chi connectivity index (χ0n) is 30.7. The van der Waals surface area contributed by atoms with Crippen molar-refractivity contribution in [1.82, 2.24) is 0 Å². The summed E-state index contributed by atoms with van der Waals surface area (Å²) < 4.78 is 7.26. The first kappa shape index (κ1) is 32.0. The molecule has 52 heavy (non-hydrogen) atoms. The normalized spacial score (nSPS) is 25.9. The quantitative estimate of drug-likeness (QED) is 0.167. The molecule has 0 saturated heterocycles. The molecule has 0 amide bonds. The fourth-order valence-electron chi connectivity index (χ4n) is 9.50. The molecule has 3 aliphatic carbocycles. The van der Waals surface area contributed by atoms with Crippen LogP contribution in [0.15, 0.2) is 133 Å².